The Bertz CT molecular complexity index is 327. The first-order valence-electron chi connectivity index (χ1n) is 4.56. The highest BCUT2D eigenvalue weighted by Crippen LogP contribution is 2.17. The topological polar surface area (TPSA) is 72.6 Å². The summed E-state index contributed by atoms with van der Waals surface area (Å²) in [6.07, 6.45) is 2.83. The number of nitrogens with zero attached hydrogens (tertiary/aromatic N) is 1. The molecule has 5 nitrogen and oxygen atoms in total. The second-order valence-corrected chi connectivity index (χ2v) is 3.32. The molecule has 2 heterocycles. The van der Waals surface area contributed by atoms with Gasteiger partial charge in [-0.1, -0.05) is 5.16 Å². The third-order valence-electron chi connectivity index (χ3n) is 2.23. The largest absolute Gasteiger partial charge is 0.476 e. The monoisotopic (exact) mass is 197 g/mol. The first-order chi connectivity index (χ1) is 6.75. The Balaban J connectivity index is 1.98. The molecule has 2 rings (SSSR count). The summed E-state index contributed by atoms with van der Waals surface area (Å²) in [5.74, 6) is -0.485. The van der Waals surface area contributed by atoms with E-state index in [0.717, 1.165) is 19.4 Å². The molecule has 1 atom stereocenters. The van der Waals surface area contributed by atoms with Crippen molar-refractivity contribution in [3.63, 3.8) is 0 Å². The van der Waals surface area contributed by atoms with Crippen LogP contribution in [0, 0.1) is 0 Å². The van der Waals surface area contributed by atoms with E-state index in [9.17, 15) is 4.79 Å². The van der Waals surface area contributed by atoms with Crippen molar-refractivity contribution in [1.29, 1.82) is 0 Å². The minimum atomic E-state index is -1.06. The Morgan fingerprint density at radius 3 is 3.14 bits per heavy atom. The molecule has 76 valence electrons. The zero-order chi connectivity index (χ0) is 9.97. The zero-order valence-corrected chi connectivity index (χ0v) is 7.60. The van der Waals surface area contributed by atoms with Gasteiger partial charge in [0.15, 0.2) is 5.69 Å². The van der Waals surface area contributed by atoms with E-state index in [1.807, 2.05) is 0 Å². The first-order valence-corrected chi connectivity index (χ1v) is 4.56. The van der Waals surface area contributed by atoms with Gasteiger partial charge in [0.05, 0.1) is 6.10 Å². The van der Waals surface area contributed by atoms with Crippen molar-refractivity contribution in [3.05, 3.63) is 17.5 Å². The van der Waals surface area contributed by atoms with Crippen molar-refractivity contribution in [3.8, 4) is 0 Å². The number of aromatic carboxylic acids is 1. The van der Waals surface area contributed by atoms with Crippen molar-refractivity contribution in [2.45, 2.75) is 25.4 Å². The van der Waals surface area contributed by atoms with Crippen LogP contribution < -0.4 is 0 Å². The predicted molar refractivity (Wildman–Crippen MR) is 46.1 cm³/mol. The van der Waals surface area contributed by atoms with Gasteiger partial charge in [-0.25, -0.2) is 4.79 Å². The van der Waals surface area contributed by atoms with E-state index in [1.165, 1.54) is 6.07 Å². The normalized spacial score (nSPS) is 21.3. The molecule has 1 aliphatic rings. The minimum Gasteiger partial charge on any atom is -0.476 e. The summed E-state index contributed by atoms with van der Waals surface area (Å²) in [7, 11) is 0. The molecule has 1 saturated heterocycles. The fraction of sp³-hybridized carbons (Fsp3) is 0.556. The number of hydrogen-bond donors (Lipinski definition) is 1. The van der Waals surface area contributed by atoms with Gasteiger partial charge in [-0.05, 0) is 12.8 Å². The van der Waals surface area contributed by atoms with Crippen molar-refractivity contribution in [2.24, 2.45) is 0 Å². The van der Waals surface area contributed by atoms with Gasteiger partial charge in [-0.15, -0.1) is 0 Å². The van der Waals surface area contributed by atoms with Crippen LogP contribution in [0.25, 0.3) is 0 Å². The van der Waals surface area contributed by atoms with Gasteiger partial charge in [0.25, 0.3) is 0 Å². The van der Waals surface area contributed by atoms with E-state index in [4.69, 9.17) is 14.4 Å². The van der Waals surface area contributed by atoms with Crippen LogP contribution in [0.3, 0.4) is 0 Å². The first kappa shape index (κ1) is 9.21. The van der Waals surface area contributed by atoms with Gasteiger partial charge in [-0.3, -0.25) is 0 Å². The quantitative estimate of drug-likeness (QED) is 0.785. The molecule has 1 fully saturated rings. The molecular formula is C9H11NO4. The van der Waals surface area contributed by atoms with Crippen molar-refractivity contribution >= 4 is 5.97 Å². The van der Waals surface area contributed by atoms with Crippen molar-refractivity contribution in [1.82, 2.24) is 5.16 Å². The molecule has 0 spiro atoms. The van der Waals surface area contributed by atoms with E-state index in [2.05, 4.69) is 5.16 Å². The lowest BCUT2D eigenvalue weighted by Crippen LogP contribution is -2.07. The minimum absolute atomic E-state index is 0.0435. The summed E-state index contributed by atoms with van der Waals surface area (Å²) >= 11 is 0. The Hall–Kier alpha value is -1.36. The van der Waals surface area contributed by atoms with Crippen molar-refractivity contribution in [2.75, 3.05) is 6.61 Å². The van der Waals surface area contributed by atoms with E-state index in [1.54, 1.807) is 0 Å². The van der Waals surface area contributed by atoms with Crippen LogP contribution in [0.1, 0.15) is 29.1 Å². The van der Waals surface area contributed by atoms with Crippen LogP contribution in [0.5, 0.6) is 0 Å². The van der Waals surface area contributed by atoms with Gasteiger partial charge in [-0.2, -0.15) is 0 Å². The van der Waals surface area contributed by atoms with Crippen LogP contribution in [0.2, 0.25) is 0 Å². The summed E-state index contributed by atoms with van der Waals surface area (Å²) in [5.41, 5.74) is -0.0435. The average molecular weight is 197 g/mol. The van der Waals surface area contributed by atoms with Crippen molar-refractivity contribution < 1.29 is 19.2 Å². The summed E-state index contributed by atoms with van der Waals surface area (Å²) in [6.45, 7) is 0.782. The molecule has 1 aromatic heterocycles. The summed E-state index contributed by atoms with van der Waals surface area (Å²) in [5, 5.41) is 12.0. The fourth-order valence-electron chi connectivity index (χ4n) is 1.54. The zero-order valence-electron chi connectivity index (χ0n) is 7.60. The van der Waals surface area contributed by atoms with E-state index in [-0.39, 0.29) is 11.8 Å². The molecule has 1 aliphatic heterocycles. The Kier molecular flexibility index (Phi) is 2.49. The molecular weight excluding hydrogens is 186 g/mol. The smallest absolute Gasteiger partial charge is 0.358 e. The fourth-order valence-corrected chi connectivity index (χ4v) is 1.54. The molecule has 1 aromatic rings. The second-order valence-electron chi connectivity index (χ2n) is 3.32. The number of aromatic nitrogens is 1. The molecule has 5 heteroatoms. The molecule has 0 aromatic carbocycles. The number of hydrogen-bond acceptors (Lipinski definition) is 4. The Morgan fingerprint density at radius 2 is 2.57 bits per heavy atom. The van der Waals surface area contributed by atoms with Gasteiger partial charge >= 0.3 is 5.97 Å². The third kappa shape index (κ3) is 1.93. The molecule has 0 radical (unpaired) electrons. The Labute approximate surface area is 80.6 Å². The van der Waals surface area contributed by atoms with E-state index >= 15 is 0 Å². The third-order valence-corrected chi connectivity index (χ3v) is 2.23. The highest BCUT2D eigenvalue weighted by Gasteiger charge is 2.19. The highest BCUT2D eigenvalue weighted by atomic mass is 16.5. The second kappa shape index (κ2) is 3.79. The van der Waals surface area contributed by atoms with Crippen LogP contribution in [-0.4, -0.2) is 28.9 Å². The lowest BCUT2D eigenvalue weighted by atomic mass is 10.1. The van der Waals surface area contributed by atoms with Crippen LogP contribution in [0.15, 0.2) is 10.6 Å². The number of rotatable bonds is 3. The highest BCUT2D eigenvalue weighted by molar-refractivity contribution is 5.85. The lowest BCUT2D eigenvalue weighted by molar-refractivity contribution is 0.0685. The maximum atomic E-state index is 10.5. The Morgan fingerprint density at radius 1 is 1.71 bits per heavy atom. The van der Waals surface area contributed by atoms with Gasteiger partial charge in [0.2, 0.25) is 0 Å². The van der Waals surface area contributed by atoms with Gasteiger partial charge < -0.3 is 14.4 Å². The van der Waals surface area contributed by atoms with E-state index in [0.29, 0.717) is 12.2 Å². The molecule has 0 amide bonds. The molecule has 1 unspecified atom stereocenters. The van der Waals surface area contributed by atoms with Crippen LogP contribution in [-0.2, 0) is 11.2 Å². The summed E-state index contributed by atoms with van der Waals surface area (Å²) in [4.78, 5) is 10.5. The standard InChI is InChI=1S/C9H11NO4/c11-9(12)8-5-7(14-10-8)4-6-2-1-3-13-6/h5-6H,1-4H2,(H,11,12). The number of carboxylic acids is 1. The predicted octanol–water partition coefficient (Wildman–Crippen LogP) is 1.09. The number of ether oxygens (including phenoxy) is 1. The molecule has 0 saturated carbocycles. The van der Waals surface area contributed by atoms with Crippen LogP contribution in [0.4, 0.5) is 0 Å². The molecule has 0 aliphatic carbocycles. The van der Waals surface area contributed by atoms with Gasteiger partial charge in [0.1, 0.15) is 5.76 Å². The molecule has 1 N–H and O–H groups in total. The number of carboxylic acid groups (broad SMARTS) is 1. The van der Waals surface area contributed by atoms with Crippen LogP contribution >= 0.6 is 0 Å². The SMILES string of the molecule is O=C(O)c1cc(CC2CCCO2)on1. The maximum absolute atomic E-state index is 10.5. The molecule has 14 heavy (non-hydrogen) atoms. The maximum Gasteiger partial charge on any atom is 0.358 e. The number of carbonyl (C=O) groups is 1. The lowest BCUT2D eigenvalue weighted by Gasteiger charge is -2.04. The average Bonchev–Trinajstić information content (AvgIpc) is 2.75. The van der Waals surface area contributed by atoms with E-state index < -0.39 is 5.97 Å². The summed E-state index contributed by atoms with van der Waals surface area (Å²) < 4.78 is 10.3. The van der Waals surface area contributed by atoms with Gasteiger partial charge in [0, 0.05) is 19.1 Å². The summed E-state index contributed by atoms with van der Waals surface area (Å²) in [6, 6.07) is 1.45. The molecule has 0 bridgehead atoms.